The van der Waals surface area contributed by atoms with Crippen molar-refractivity contribution in [3.63, 3.8) is 0 Å². The Balaban J connectivity index is -0.000000000833. The van der Waals surface area contributed by atoms with Gasteiger partial charge in [0.1, 0.15) is 0 Å². The van der Waals surface area contributed by atoms with E-state index in [1.54, 1.807) is 0 Å². The third kappa shape index (κ3) is 31.4. The Bertz CT molecular complexity index is 11.5. The molecule has 0 aromatic carbocycles. The predicted molar refractivity (Wildman–Crippen MR) is 29.1 cm³/mol. The van der Waals surface area contributed by atoms with Crippen LogP contribution in [0.1, 0.15) is 0 Å². The van der Waals surface area contributed by atoms with E-state index in [2.05, 4.69) is 0 Å². The fraction of sp³-hybridized carbons (Fsp3) is 0. The minimum atomic E-state index is 0. The van der Waals surface area contributed by atoms with Crippen LogP contribution in [0.4, 0.5) is 0 Å². The van der Waals surface area contributed by atoms with Gasteiger partial charge in [-0.25, -0.2) is 0 Å². The van der Waals surface area contributed by atoms with Crippen molar-refractivity contribution in [1.29, 1.82) is 0 Å². The van der Waals surface area contributed by atoms with Crippen molar-refractivity contribution in [2.24, 2.45) is 0 Å². The summed E-state index contributed by atoms with van der Waals surface area (Å²) in [6.07, 6.45) is 0. The van der Waals surface area contributed by atoms with Crippen molar-refractivity contribution in [2.45, 2.75) is 0 Å². The first-order valence-corrected chi connectivity index (χ1v) is 0.866. The Morgan fingerprint density at radius 2 is 0.833 bits per heavy atom. The average Bonchev–Trinajstić information content (AvgIpc) is 1.00. The number of hydrogen-bond donors (Lipinski definition) is 0. The summed E-state index contributed by atoms with van der Waals surface area (Å²) in [5.74, 6) is 0. The largest absolute Gasteiger partial charge is 0.396 e. The van der Waals surface area contributed by atoms with Gasteiger partial charge in [-0.2, -0.15) is 0 Å². The molecule has 0 saturated heterocycles. The van der Waals surface area contributed by atoms with Crippen LogP contribution in [-0.4, -0.2) is 44.9 Å². The van der Waals surface area contributed by atoms with Crippen LogP contribution in [-0.2, 0) is 47.9 Å². The molecule has 0 aliphatic rings. The molecule has 0 bridgehead atoms. The Hall–Kier alpha value is 2.51. The minimum absolute atomic E-state index is 0. The van der Waals surface area contributed by atoms with Crippen molar-refractivity contribution in [1.82, 2.24) is 0 Å². The summed E-state index contributed by atoms with van der Waals surface area (Å²) in [6.45, 7) is 0. The van der Waals surface area contributed by atoms with Gasteiger partial charge in [-0.1, -0.05) is 0 Å². The summed E-state index contributed by atoms with van der Waals surface area (Å²) in [5.41, 5.74) is 0. The summed E-state index contributed by atoms with van der Waals surface area (Å²) in [4.78, 5) is 0. The van der Waals surface area contributed by atoms with Gasteiger partial charge < -0.3 is 4.46 Å². The van der Waals surface area contributed by atoms with Crippen molar-refractivity contribution in [2.75, 3.05) is 0 Å². The molecule has 6 heteroatoms. The van der Waals surface area contributed by atoms with Gasteiger partial charge >= 0.3 is 0 Å². The summed E-state index contributed by atoms with van der Waals surface area (Å²) in [7, 11) is 0.611. The first-order chi connectivity index (χ1) is 1.00. The monoisotopic (exact) mass is 202 g/mol. The van der Waals surface area contributed by atoms with Crippen LogP contribution in [0, 0.1) is 0 Å². The fourth-order valence-electron chi connectivity index (χ4n) is 0. The zero-order valence-electron chi connectivity index (χ0n) is 2.12. The molecule has 0 heterocycles. The molecule has 0 fully saturated rings. The maximum Gasteiger partial charge on any atom is 0.245 e. The first kappa shape index (κ1) is 39.0. The molecule has 0 rings (SSSR count). The molecule has 1 nitrogen and oxygen atoms in total. The van der Waals surface area contributed by atoms with Crippen LogP contribution in [0.5, 0.6) is 0 Å². The number of hydrogen-bond acceptors (Lipinski definition) is 1. The molecular weight excluding hydrogens is 194 g/mol. The van der Waals surface area contributed by atoms with Crippen LogP contribution >= 0.6 is 0 Å². The van der Waals surface area contributed by atoms with Gasteiger partial charge in [0.05, 0.1) is 0 Å². The van der Waals surface area contributed by atoms with E-state index in [0.717, 1.165) is 0 Å². The van der Waals surface area contributed by atoms with E-state index >= 15 is 0 Å². The third-order valence-electron chi connectivity index (χ3n) is 0. The first-order valence-electron chi connectivity index (χ1n) is 0.289. The summed E-state index contributed by atoms with van der Waals surface area (Å²) < 4.78 is 8.28. The Morgan fingerprint density at radius 1 is 0.833 bits per heavy atom. The summed E-state index contributed by atoms with van der Waals surface area (Å²) >= 11 is 0. The second-order valence-corrected chi connectivity index (χ2v) is 0. The van der Waals surface area contributed by atoms with Crippen molar-refractivity contribution in [3.05, 3.63) is 0 Å². The maximum atomic E-state index is 8.28. The molecule has 0 radical (unpaired) electrons. The third-order valence-corrected chi connectivity index (χ3v) is 0. The van der Waals surface area contributed by atoms with Crippen molar-refractivity contribution < 1.29 is 47.9 Å². The Kier molecular flexibility index (Phi) is 328. The molecule has 0 saturated carbocycles. The Morgan fingerprint density at radius 3 is 0.833 bits per heavy atom. The van der Waals surface area contributed by atoms with Crippen molar-refractivity contribution in [3.8, 4) is 0 Å². The van der Waals surface area contributed by atoms with Gasteiger partial charge in [0.2, 0.25) is 10.1 Å². The van der Waals surface area contributed by atoms with Crippen LogP contribution in [0.2, 0.25) is 0 Å². The second kappa shape index (κ2) is 50.5. The normalized spacial score (nSPS) is 0.667. The molecule has 0 spiro atoms. The molecule has 32 valence electrons. The molecular formula is H8Al2OSiTi2. The zero-order chi connectivity index (χ0) is 2.00. The van der Waals surface area contributed by atoms with Gasteiger partial charge in [-0.05, 0) is 0 Å². The smallest absolute Gasteiger partial charge is 0.245 e. The van der Waals surface area contributed by atoms with E-state index in [-0.39, 0.29) is 78.2 Å². The molecule has 0 aromatic rings. The second-order valence-electron chi connectivity index (χ2n) is 0. The van der Waals surface area contributed by atoms with Gasteiger partial charge in [-0.3, -0.25) is 0 Å². The molecule has 0 amide bonds. The zero-order valence-corrected chi connectivity index (χ0v) is 6.65. The Labute approximate surface area is 91.5 Å². The maximum absolute atomic E-state index is 8.28. The van der Waals surface area contributed by atoms with Crippen LogP contribution in [0.25, 0.3) is 0 Å². The van der Waals surface area contributed by atoms with Crippen LogP contribution in [0.3, 0.4) is 0 Å². The van der Waals surface area contributed by atoms with Gasteiger partial charge in [0.25, 0.3) is 0 Å². The average molecular weight is 202 g/mol. The molecule has 0 N–H and O–H groups in total. The molecule has 0 unspecified atom stereocenters. The SMILES string of the molecule is O=[SiH2].[AlH3].[AlH3].[Ti].[Ti]. The van der Waals surface area contributed by atoms with E-state index in [4.69, 9.17) is 4.46 Å². The molecule has 6 heavy (non-hydrogen) atoms. The quantitative estimate of drug-likeness (QED) is 0.374. The van der Waals surface area contributed by atoms with Crippen LogP contribution in [0.15, 0.2) is 0 Å². The van der Waals surface area contributed by atoms with E-state index in [1.807, 2.05) is 0 Å². The van der Waals surface area contributed by atoms with E-state index in [0.29, 0.717) is 10.1 Å². The van der Waals surface area contributed by atoms with E-state index in [9.17, 15) is 0 Å². The molecule has 0 aromatic heterocycles. The number of rotatable bonds is 0. The topological polar surface area (TPSA) is 17.1 Å². The van der Waals surface area contributed by atoms with E-state index < -0.39 is 0 Å². The molecule has 0 aliphatic heterocycles. The standard InChI is InChI=1S/2Al.H2OSi.2Ti.6H/c;;1-2;;;;;;;;/h;;2H2;;;;;;;;. The van der Waals surface area contributed by atoms with Crippen LogP contribution < -0.4 is 0 Å². The molecule has 0 atom stereocenters. The van der Waals surface area contributed by atoms with Gasteiger partial charge in [0.15, 0.2) is 34.7 Å². The van der Waals surface area contributed by atoms with Crippen molar-refractivity contribution >= 4 is 44.9 Å². The van der Waals surface area contributed by atoms with E-state index in [1.165, 1.54) is 0 Å². The van der Waals surface area contributed by atoms with Gasteiger partial charge in [0, 0.05) is 43.4 Å². The summed E-state index contributed by atoms with van der Waals surface area (Å²) in [6, 6.07) is 0. The predicted octanol–water partition coefficient (Wildman–Crippen LogP) is -3.41. The summed E-state index contributed by atoms with van der Waals surface area (Å²) in [5, 5.41) is 0. The van der Waals surface area contributed by atoms with Gasteiger partial charge in [-0.15, -0.1) is 0 Å². The minimum Gasteiger partial charge on any atom is -0.396 e. The fourth-order valence-corrected chi connectivity index (χ4v) is 0. The molecule has 0 aliphatic carbocycles.